The van der Waals surface area contributed by atoms with Crippen molar-refractivity contribution in [1.29, 1.82) is 0 Å². The largest absolute Gasteiger partial charge is 0.497 e. The molecule has 5 atom stereocenters. The molecule has 15 heteroatoms. The van der Waals surface area contributed by atoms with E-state index in [-0.39, 0.29) is 41.8 Å². The van der Waals surface area contributed by atoms with Crippen molar-refractivity contribution in [2.24, 2.45) is 5.92 Å². The van der Waals surface area contributed by atoms with E-state index in [4.69, 9.17) is 9.47 Å². The molecular formula is C48H47N7O7Si. The van der Waals surface area contributed by atoms with Crippen LogP contribution in [0.15, 0.2) is 139 Å². The van der Waals surface area contributed by atoms with E-state index in [1.807, 2.05) is 79.0 Å². The third-order valence-electron chi connectivity index (χ3n) is 13.2. The summed E-state index contributed by atoms with van der Waals surface area (Å²) in [6, 6.07) is 37.0. The van der Waals surface area contributed by atoms with E-state index >= 15 is 4.79 Å². The van der Waals surface area contributed by atoms with Crippen LogP contribution in [0.5, 0.6) is 5.75 Å². The van der Waals surface area contributed by atoms with Gasteiger partial charge in [-0.05, 0) is 59.5 Å². The Bertz CT molecular complexity index is 2890. The zero-order chi connectivity index (χ0) is 44.0. The zero-order valence-electron chi connectivity index (χ0n) is 35.4. The van der Waals surface area contributed by atoms with Gasteiger partial charge in [0.05, 0.1) is 73.9 Å². The Hall–Kier alpha value is -6.81. The molecule has 1 N–H and O–H groups in total. The number of carbonyl (C=O) groups excluding carboxylic acids is 1. The second-order valence-electron chi connectivity index (χ2n) is 17.0. The molecule has 1 saturated heterocycles. The predicted molar refractivity (Wildman–Crippen MR) is 241 cm³/mol. The molecule has 4 heterocycles. The van der Waals surface area contributed by atoms with Gasteiger partial charge in [0.2, 0.25) is 0 Å². The van der Waals surface area contributed by atoms with Crippen LogP contribution < -0.4 is 20.4 Å². The number of aromatic nitrogens is 5. The third kappa shape index (κ3) is 7.21. The fourth-order valence-corrected chi connectivity index (χ4v) is 14.0. The lowest BCUT2D eigenvalue weighted by atomic mass is 9.82. The first kappa shape index (κ1) is 41.5. The highest BCUT2D eigenvalue weighted by molar-refractivity contribution is 6.91. The number of hydrogen-bond acceptors (Lipinski definition) is 10. The van der Waals surface area contributed by atoms with Crippen LogP contribution in [0.4, 0.5) is 11.4 Å². The Morgan fingerprint density at radius 3 is 2.40 bits per heavy atom. The number of rotatable bonds is 13. The van der Waals surface area contributed by atoms with Crippen LogP contribution in [-0.2, 0) is 28.2 Å². The number of aryl methyl sites for hydroxylation is 1. The standard InChI is InChI=1S/C48H47N7O7Si/c1-31-45(63(3,4)38-21-19-37(61-2)20-22-38)44(24-25-52-29-42(50-51-52)40(30-56)33-10-6-5-7-11-33)62-48(31)41-26-36(55(59)60)18-23-43(41)53(47(48)58)28-32-14-16-35(17-15-32)54-46(57)39-13-9-8-12-34(39)27-49-54/h5-23,26-27,29,31,40,44-45,56H,24-25,28,30H2,1-4H3/t31-,40?,44+,45-,48+/m0/s1. The van der Waals surface area contributed by atoms with Crippen molar-refractivity contribution >= 4 is 41.3 Å². The summed E-state index contributed by atoms with van der Waals surface area (Å²) in [5.41, 5.74) is 1.92. The summed E-state index contributed by atoms with van der Waals surface area (Å²) >= 11 is 0. The number of nitrogens with zero attached hydrogens (tertiary/aromatic N) is 7. The van der Waals surface area contributed by atoms with Gasteiger partial charge >= 0.3 is 0 Å². The van der Waals surface area contributed by atoms with E-state index in [0.717, 1.165) is 27.4 Å². The number of amides is 1. The first-order valence-electron chi connectivity index (χ1n) is 21.0. The Labute approximate surface area is 364 Å². The lowest BCUT2D eigenvalue weighted by Crippen LogP contribution is -2.51. The van der Waals surface area contributed by atoms with Gasteiger partial charge in [-0.25, -0.2) is 0 Å². The van der Waals surface area contributed by atoms with Gasteiger partial charge in [-0.3, -0.25) is 24.4 Å². The summed E-state index contributed by atoms with van der Waals surface area (Å²) in [7, 11) is -0.910. The summed E-state index contributed by atoms with van der Waals surface area (Å²) in [6.45, 7) is 7.06. The van der Waals surface area contributed by atoms with Crippen LogP contribution in [0.2, 0.25) is 18.6 Å². The molecule has 63 heavy (non-hydrogen) atoms. The molecular weight excluding hydrogens is 815 g/mol. The first-order valence-corrected chi connectivity index (χ1v) is 24.1. The Balaban J connectivity index is 1.07. The molecule has 320 valence electrons. The summed E-state index contributed by atoms with van der Waals surface area (Å²) < 4.78 is 15.9. The number of benzene rings is 5. The molecule has 1 amide bonds. The Morgan fingerprint density at radius 2 is 1.68 bits per heavy atom. The number of anilines is 1. The van der Waals surface area contributed by atoms with E-state index in [1.165, 1.54) is 16.8 Å². The highest BCUT2D eigenvalue weighted by atomic mass is 28.3. The molecule has 14 nitrogen and oxygen atoms in total. The topological polar surface area (TPSA) is 168 Å². The highest BCUT2D eigenvalue weighted by Crippen LogP contribution is 2.60. The molecule has 0 radical (unpaired) electrons. The number of fused-ring (bicyclic) bond motifs is 3. The van der Waals surface area contributed by atoms with Gasteiger partial charge in [0.25, 0.3) is 17.2 Å². The monoisotopic (exact) mass is 861 g/mol. The molecule has 7 aromatic rings. The second-order valence-corrected chi connectivity index (χ2v) is 21.7. The first-order chi connectivity index (χ1) is 30.4. The van der Waals surface area contributed by atoms with E-state index in [9.17, 15) is 20.0 Å². The van der Waals surface area contributed by atoms with Crippen LogP contribution in [-0.4, -0.2) is 68.6 Å². The third-order valence-corrected chi connectivity index (χ3v) is 17.5. The minimum atomic E-state index is -2.54. The van der Waals surface area contributed by atoms with Crippen LogP contribution in [0.25, 0.3) is 16.5 Å². The number of methoxy groups -OCH3 is 1. The van der Waals surface area contributed by atoms with Crippen molar-refractivity contribution in [2.45, 2.75) is 62.7 Å². The number of non-ortho nitro benzene ring substituents is 1. The molecule has 1 spiro atoms. The van der Waals surface area contributed by atoms with Gasteiger partial charge in [-0.15, -0.1) is 5.10 Å². The van der Waals surface area contributed by atoms with Gasteiger partial charge in [-0.1, -0.05) is 103 Å². The van der Waals surface area contributed by atoms with Gasteiger partial charge < -0.3 is 19.5 Å². The van der Waals surface area contributed by atoms with Gasteiger partial charge in [0.15, 0.2) is 5.60 Å². The number of ether oxygens (including phenoxy) is 2. The van der Waals surface area contributed by atoms with Crippen molar-refractivity contribution in [3.63, 3.8) is 0 Å². The van der Waals surface area contributed by atoms with Crippen LogP contribution in [0.1, 0.15) is 41.6 Å². The number of aliphatic hydroxyl groups is 1. The number of nitro groups is 1. The lowest BCUT2D eigenvalue weighted by Gasteiger charge is -2.37. The summed E-state index contributed by atoms with van der Waals surface area (Å²) in [5, 5.41) is 38.4. The van der Waals surface area contributed by atoms with Gasteiger partial charge in [0, 0.05) is 41.7 Å². The summed E-state index contributed by atoms with van der Waals surface area (Å²) in [6.07, 6.45) is 3.53. The highest BCUT2D eigenvalue weighted by Gasteiger charge is 2.66. The maximum absolute atomic E-state index is 15.4. The summed E-state index contributed by atoms with van der Waals surface area (Å²) in [5.74, 6) is -0.293. The SMILES string of the molecule is COc1ccc([Si](C)(C)[C@@H]2[C@@H](CCn3cc(C(CO)c4ccccc4)nn3)O[C@]3(C(=O)N(Cc4ccc(-n5ncc6ccccc6c5=O)cc4)c4ccc([N+](=O)[O-])cc43)[C@H]2C)cc1. The smallest absolute Gasteiger partial charge is 0.279 e. The van der Waals surface area contributed by atoms with Gasteiger partial charge in [-0.2, -0.15) is 9.78 Å². The molecule has 1 fully saturated rings. The predicted octanol–water partition coefficient (Wildman–Crippen LogP) is 6.87. The Morgan fingerprint density at radius 1 is 0.952 bits per heavy atom. The molecule has 5 aromatic carbocycles. The van der Waals surface area contributed by atoms with Crippen molar-refractivity contribution in [3.8, 4) is 11.4 Å². The van der Waals surface area contributed by atoms with Crippen LogP contribution >= 0.6 is 0 Å². The molecule has 9 rings (SSSR count). The van der Waals surface area contributed by atoms with Crippen molar-refractivity contribution in [2.75, 3.05) is 18.6 Å². The number of nitro benzene ring substituents is 1. The van der Waals surface area contributed by atoms with E-state index in [2.05, 4.69) is 47.6 Å². The number of carbonyl (C=O) groups is 1. The molecule has 0 saturated carbocycles. The maximum atomic E-state index is 15.4. The van der Waals surface area contributed by atoms with Crippen molar-refractivity contribution in [3.05, 3.63) is 177 Å². The van der Waals surface area contributed by atoms with E-state index in [1.54, 1.807) is 47.2 Å². The lowest BCUT2D eigenvalue weighted by molar-refractivity contribution is -0.385. The molecule has 0 aliphatic carbocycles. The summed E-state index contributed by atoms with van der Waals surface area (Å²) in [4.78, 5) is 42.3. The van der Waals surface area contributed by atoms with E-state index in [0.29, 0.717) is 41.0 Å². The number of hydrogen-bond donors (Lipinski definition) is 1. The average Bonchev–Trinajstić information content (AvgIpc) is 3.96. The zero-order valence-corrected chi connectivity index (χ0v) is 36.4. The molecule has 2 aliphatic heterocycles. The average molecular weight is 862 g/mol. The molecule has 0 bridgehead atoms. The molecule has 1 unspecified atom stereocenters. The molecule has 2 aliphatic rings. The normalized spacial score (nSPS) is 20.0. The van der Waals surface area contributed by atoms with Crippen LogP contribution in [0.3, 0.4) is 0 Å². The second kappa shape index (κ2) is 16.5. The maximum Gasteiger partial charge on any atom is 0.279 e. The van der Waals surface area contributed by atoms with Crippen molar-refractivity contribution < 1.29 is 24.3 Å². The minimum Gasteiger partial charge on any atom is -0.497 e. The Kier molecular flexibility index (Phi) is 10.9. The minimum absolute atomic E-state index is 0.130. The quantitative estimate of drug-likeness (QED) is 0.0734. The van der Waals surface area contributed by atoms with Crippen LogP contribution in [0, 0.1) is 16.0 Å². The van der Waals surface area contributed by atoms with Crippen molar-refractivity contribution in [1.82, 2.24) is 24.8 Å². The number of aliphatic hydroxyl groups excluding tert-OH is 1. The van der Waals surface area contributed by atoms with E-state index < -0.39 is 30.6 Å². The fraction of sp³-hybridized carbons (Fsp3) is 0.271. The fourth-order valence-electron chi connectivity index (χ4n) is 9.94. The molecule has 2 aromatic heterocycles. The van der Waals surface area contributed by atoms with Gasteiger partial charge in [0.1, 0.15) is 5.75 Å².